The average molecular weight is 280 g/mol. The van der Waals surface area contributed by atoms with Gasteiger partial charge in [0.25, 0.3) is 5.56 Å². The van der Waals surface area contributed by atoms with Crippen LogP contribution in [0.3, 0.4) is 0 Å². The molecule has 1 aromatic carbocycles. The van der Waals surface area contributed by atoms with Gasteiger partial charge in [-0.2, -0.15) is 0 Å². The van der Waals surface area contributed by atoms with E-state index in [0.29, 0.717) is 16.6 Å². The van der Waals surface area contributed by atoms with E-state index in [1.165, 1.54) is 0 Å². The van der Waals surface area contributed by atoms with Gasteiger partial charge in [0.2, 0.25) is 5.95 Å². The highest BCUT2D eigenvalue weighted by Crippen LogP contribution is 2.14. The van der Waals surface area contributed by atoms with Crippen LogP contribution in [0.4, 0.5) is 5.95 Å². The Bertz CT molecular complexity index is 551. The molecule has 0 atom stereocenters. The number of hydrogen-bond donors (Lipinski definition) is 2. The molecule has 3 N–H and O–H groups in total. The molecule has 0 unspecified atom stereocenters. The predicted octanol–water partition coefficient (Wildman–Crippen LogP) is 1.71. The first-order valence-electron chi connectivity index (χ1n) is 4.75. The van der Waals surface area contributed by atoms with Crippen molar-refractivity contribution in [3.63, 3.8) is 0 Å². The molecule has 4 nitrogen and oxygen atoms in total. The van der Waals surface area contributed by atoms with Gasteiger partial charge >= 0.3 is 0 Å². The molecule has 0 saturated heterocycles. The van der Waals surface area contributed by atoms with Crippen LogP contribution in [-0.2, 0) is 6.42 Å². The van der Waals surface area contributed by atoms with Crippen molar-refractivity contribution < 1.29 is 0 Å². The number of nitrogens with zero attached hydrogens (tertiary/aromatic N) is 1. The number of aromatic nitrogens is 2. The summed E-state index contributed by atoms with van der Waals surface area (Å²) in [5, 5.41) is 0. The maximum Gasteiger partial charge on any atom is 0.266 e. The molecule has 82 valence electrons. The Morgan fingerprint density at radius 2 is 2.00 bits per heavy atom. The third-order valence-corrected chi connectivity index (χ3v) is 2.98. The molecule has 2 rings (SSSR count). The zero-order valence-corrected chi connectivity index (χ0v) is 9.99. The Kier molecular flexibility index (Phi) is 3.05. The third kappa shape index (κ3) is 2.30. The molecule has 0 amide bonds. The molecule has 0 aliphatic heterocycles. The summed E-state index contributed by atoms with van der Waals surface area (Å²) in [4.78, 5) is 18.0. The molecule has 2 aromatic rings. The van der Waals surface area contributed by atoms with Crippen LogP contribution in [0.1, 0.15) is 11.3 Å². The predicted molar refractivity (Wildman–Crippen MR) is 66.2 cm³/mol. The minimum Gasteiger partial charge on any atom is -0.369 e. The second-order valence-electron chi connectivity index (χ2n) is 3.37. The molecule has 0 saturated carbocycles. The van der Waals surface area contributed by atoms with Crippen molar-refractivity contribution in [3.05, 3.63) is 56.4 Å². The van der Waals surface area contributed by atoms with Crippen LogP contribution in [0.25, 0.3) is 0 Å². The van der Waals surface area contributed by atoms with Gasteiger partial charge in [0.05, 0.1) is 5.69 Å². The lowest BCUT2D eigenvalue weighted by atomic mass is 10.1. The van der Waals surface area contributed by atoms with Crippen molar-refractivity contribution in [2.24, 2.45) is 0 Å². The summed E-state index contributed by atoms with van der Waals surface area (Å²) in [6.07, 6.45) is 0.579. The largest absolute Gasteiger partial charge is 0.369 e. The molecule has 5 heteroatoms. The average Bonchev–Trinajstić information content (AvgIpc) is 2.27. The fraction of sp³-hybridized carbons (Fsp3) is 0.0909. The van der Waals surface area contributed by atoms with Gasteiger partial charge in [-0.25, -0.2) is 4.98 Å². The van der Waals surface area contributed by atoms with Crippen molar-refractivity contribution in [2.75, 3.05) is 5.73 Å². The van der Waals surface area contributed by atoms with Crippen molar-refractivity contribution in [2.45, 2.75) is 6.42 Å². The number of nitrogen functional groups attached to an aromatic ring is 1. The lowest BCUT2D eigenvalue weighted by Gasteiger charge is -2.04. The molecule has 16 heavy (non-hydrogen) atoms. The molecule has 1 heterocycles. The first kappa shape index (κ1) is 10.9. The first-order chi connectivity index (χ1) is 7.66. The molecular formula is C11H10BrN3O. The van der Waals surface area contributed by atoms with Gasteiger partial charge in [-0.3, -0.25) is 9.78 Å². The van der Waals surface area contributed by atoms with E-state index in [2.05, 4.69) is 25.9 Å². The fourth-order valence-electron chi connectivity index (χ4n) is 1.43. The molecule has 0 bridgehead atoms. The molecule has 0 fully saturated rings. The second-order valence-corrected chi connectivity index (χ2v) is 4.17. The highest BCUT2D eigenvalue weighted by molar-refractivity contribution is 9.10. The van der Waals surface area contributed by atoms with E-state index in [0.717, 1.165) is 5.56 Å². The molecule has 0 spiro atoms. The minimum atomic E-state index is -0.251. The number of H-pyrrole nitrogens is 1. The lowest BCUT2D eigenvalue weighted by Crippen LogP contribution is -2.15. The lowest BCUT2D eigenvalue weighted by molar-refractivity contribution is 0.999. The van der Waals surface area contributed by atoms with E-state index >= 15 is 0 Å². The van der Waals surface area contributed by atoms with E-state index in [1.54, 1.807) is 0 Å². The van der Waals surface area contributed by atoms with Crippen LogP contribution in [0, 0.1) is 0 Å². The Morgan fingerprint density at radius 3 is 2.69 bits per heavy atom. The number of nitrogens with two attached hydrogens (primary N) is 1. The van der Waals surface area contributed by atoms with Crippen LogP contribution >= 0.6 is 15.9 Å². The van der Waals surface area contributed by atoms with E-state index in [9.17, 15) is 4.79 Å². The van der Waals surface area contributed by atoms with Crippen LogP contribution in [0.2, 0.25) is 0 Å². The summed E-state index contributed by atoms with van der Waals surface area (Å²) in [5.41, 5.74) is 6.97. The summed E-state index contributed by atoms with van der Waals surface area (Å²) < 4.78 is 0.436. The molecule has 0 aliphatic carbocycles. The molecule has 0 radical (unpaired) electrons. The van der Waals surface area contributed by atoms with Crippen LogP contribution in [0.5, 0.6) is 0 Å². The molecule has 0 aliphatic rings. The summed E-state index contributed by atoms with van der Waals surface area (Å²) in [6.45, 7) is 0. The summed E-state index contributed by atoms with van der Waals surface area (Å²) >= 11 is 3.21. The topological polar surface area (TPSA) is 71.8 Å². The Hall–Kier alpha value is -1.62. The quantitative estimate of drug-likeness (QED) is 0.879. The zero-order valence-electron chi connectivity index (χ0n) is 8.40. The zero-order chi connectivity index (χ0) is 11.5. The van der Waals surface area contributed by atoms with Gasteiger partial charge in [0.15, 0.2) is 0 Å². The Labute approximate surface area is 101 Å². The number of benzene rings is 1. The Morgan fingerprint density at radius 1 is 1.31 bits per heavy atom. The standard InChI is InChI=1S/C11H10BrN3O/c12-9-8(14-11(13)15-10(9)16)6-7-4-2-1-3-5-7/h1-5H,6H2,(H3,13,14,15,16). The number of nitrogens with one attached hydrogen (secondary N) is 1. The van der Waals surface area contributed by atoms with E-state index in [4.69, 9.17) is 5.73 Å². The second kappa shape index (κ2) is 4.49. The van der Waals surface area contributed by atoms with E-state index in [1.807, 2.05) is 30.3 Å². The smallest absolute Gasteiger partial charge is 0.266 e. The molecular weight excluding hydrogens is 270 g/mol. The first-order valence-corrected chi connectivity index (χ1v) is 5.54. The van der Waals surface area contributed by atoms with Crippen LogP contribution < -0.4 is 11.3 Å². The summed E-state index contributed by atoms with van der Waals surface area (Å²) in [7, 11) is 0. The number of rotatable bonds is 2. The van der Waals surface area contributed by atoms with Crippen LogP contribution in [0.15, 0.2) is 39.6 Å². The van der Waals surface area contributed by atoms with Crippen LogP contribution in [-0.4, -0.2) is 9.97 Å². The van der Waals surface area contributed by atoms with Crippen molar-refractivity contribution in [3.8, 4) is 0 Å². The monoisotopic (exact) mass is 279 g/mol. The number of aromatic amines is 1. The van der Waals surface area contributed by atoms with Gasteiger partial charge < -0.3 is 5.73 Å². The van der Waals surface area contributed by atoms with Gasteiger partial charge in [0.1, 0.15) is 4.47 Å². The fourth-order valence-corrected chi connectivity index (χ4v) is 1.76. The van der Waals surface area contributed by atoms with Crippen molar-refractivity contribution in [1.29, 1.82) is 0 Å². The number of halogens is 1. The number of anilines is 1. The SMILES string of the molecule is Nc1nc(Cc2ccccc2)c(Br)c(=O)[nH]1. The maximum atomic E-state index is 11.4. The number of hydrogen-bond acceptors (Lipinski definition) is 3. The van der Waals surface area contributed by atoms with Gasteiger partial charge in [-0.05, 0) is 21.5 Å². The highest BCUT2D eigenvalue weighted by atomic mass is 79.9. The van der Waals surface area contributed by atoms with Crippen molar-refractivity contribution in [1.82, 2.24) is 9.97 Å². The summed E-state index contributed by atoms with van der Waals surface area (Å²) in [6, 6.07) is 9.79. The summed E-state index contributed by atoms with van der Waals surface area (Å²) in [5.74, 6) is 0.138. The van der Waals surface area contributed by atoms with Gasteiger partial charge in [-0.15, -0.1) is 0 Å². The Balaban J connectivity index is 2.39. The normalized spacial score (nSPS) is 10.3. The molecule has 1 aromatic heterocycles. The van der Waals surface area contributed by atoms with E-state index < -0.39 is 0 Å². The highest BCUT2D eigenvalue weighted by Gasteiger charge is 2.07. The minimum absolute atomic E-state index is 0.138. The van der Waals surface area contributed by atoms with E-state index in [-0.39, 0.29) is 11.5 Å². The van der Waals surface area contributed by atoms with Crippen molar-refractivity contribution >= 4 is 21.9 Å². The van der Waals surface area contributed by atoms with Gasteiger partial charge in [-0.1, -0.05) is 30.3 Å². The third-order valence-electron chi connectivity index (χ3n) is 2.16. The maximum absolute atomic E-state index is 11.4. The van der Waals surface area contributed by atoms with Gasteiger partial charge in [0, 0.05) is 6.42 Å².